The molecule has 1 aromatic rings. The van der Waals surface area contributed by atoms with E-state index in [0.717, 1.165) is 5.56 Å². The second kappa shape index (κ2) is 6.01. The Morgan fingerprint density at radius 1 is 1.46 bits per heavy atom. The van der Waals surface area contributed by atoms with Gasteiger partial charge in [0.1, 0.15) is 6.07 Å². The molecule has 0 atom stereocenters. The standard InChI is InChI=1S/C8H8N2O.C2H6/c1-6-3-8(11-2)7(4-9)10-5-6;1-2/h3,5H,1-2H3;1-2H3. The number of aromatic nitrogens is 1. The molecule has 1 aromatic heterocycles. The zero-order chi connectivity index (χ0) is 10.3. The van der Waals surface area contributed by atoms with E-state index in [1.807, 2.05) is 26.8 Å². The maximum atomic E-state index is 8.55. The summed E-state index contributed by atoms with van der Waals surface area (Å²) in [6.45, 7) is 5.90. The van der Waals surface area contributed by atoms with Crippen LogP contribution in [0.1, 0.15) is 25.1 Å². The van der Waals surface area contributed by atoms with Crippen LogP contribution in [0.15, 0.2) is 12.3 Å². The van der Waals surface area contributed by atoms with Crippen LogP contribution in [0.3, 0.4) is 0 Å². The molecule has 3 heteroatoms. The van der Waals surface area contributed by atoms with Crippen molar-refractivity contribution in [1.82, 2.24) is 4.98 Å². The van der Waals surface area contributed by atoms with Crippen molar-refractivity contribution >= 4 is 0 Å². The molecule has 0 amide bonds. The Labute approximate surface area is 79.0 Å². The van der Waals surface area contributed by atoms with Gasteiger partial charge in [-0.15, -0.1) is 0 Å². The summed E-state index contributed by atoms with van der Waals surface area (Å²) in [6, 6.07) is 3.72. The first kappa shape index (κ1) is 11.4. The van der Waals surface area contributed by atoms with Crippen LogP contribution in [0, 0.1) is 18.3 Å². The highest BCUT2D eigenvalue weighted by Crippen LogP contribution is 2.15. The van der Waals surface area contributed by atoms with E-state index >= 15 is 0 Å². The summed E-state index contributed by atoms with van der Waals surface area (Å²) in [6.07, 6.45) is 1.64. The molecular formula is C10H14N2O. The number of aryl methyl sites for hydroxylation is 1. The molecule has 0 unspecified atom stereocenters. The van der Waals surface area contributed by atoms with Crippen molar-refractivity contribution in [2.24, 2.45) is 0 Å². The van der Waals surface area contributed by atoms with Crippen LogP contribution >= 0.6 is 0 Å². The first-order chi connectivity index (χ1) is 6.27. The van der Waals surface area contributed by atoms with E-state index < -0.39 is 0 Å². The quantitative estimate of drug-likeness (QED) is 0.662. The largest absolute Gasteiger partial charge is 0.494 e. The summed E-state index contributed by atoms with van der Waals surface area (Å²) in [4.78, 5) is 3.88. The van der Waals surface area contributed by atoms with Gasteiger partial charge >= 0.3 is 0 Å². The number of nitriles is 1. The van der Waals surface area contributed by atoms with Crippen LogP contribution in [0.25, 0.3) is 0 Å². The van der Waals surface area contributed by atoms with Crippen LogP contribution in [0.5, 0.6) is 5.75 Å². The van der Waals surface area contributed by atoms with Gasteiger partial charge in [-0.1, -0.05) is 13.8 Å². The third-order valence-corrected chi connectivity index (χ3v) is 1.32. The van der Waals surface area contributed by atoms with E-state index in [-0.39, 0.29) is 0 Å². The van der Waals surface area contributed by atoms with Crippen molar-refractivity contribution in [3.05, 3.63) is 23.5 Å². The van der Waals surface area contributed by atoms with Gasteiger partial charge in [0, 0.05) is 6.20 Å². The van der Waals surface area contributed by atoms with Crippen LogP contribution in [-0.4, -0.2) is 12.1 Å². The summed E-state index contributed by atoms with van der Waals surface area (Å²) in [5, 5.41) is 8.55. The minimum Gasteiger partial charge on any atom is -0.494 e. The van der Waals surface area contributed by atoms with Gasteiger partial charge in [-0.05, 0) is 18.6 Å². The van der Waals surface area contributed by atoms with Gasteiger partial charge in [0.25, 0.3) is 0 Å². The van der Waals surface area contributed by atoms with Crippen molar-refractivity contribution in [1.29, 1.82) is 5.26 Å². The fraction of sp³-hybridized carbons (Fsp3) is 0.400. The number of nitrogens with zero attached hydrogens (tertiary/aromatic N) is 2. The molecule has 0 spiro atoms. The average molecular weight is 178 g/mol. The monoisotopic (exact) mass is 178 g/mol. The molecule has 0 fully saturated rings. The Hall–Kier alpha value is -1.56. The lowest BCUT2D eigenvalue weighted by atomic mass is 10.2. The second-order valence-corrected chi connectivity index (χ2v) is 2.18. The van der Waals surface area contributed by atoms with E-state index in [2.05, 4.69) is 4.98 Å². The molecule has 0 saturated heterocycles. The van der Waals surface area contributed by atoms with Gasteiger partial charge in [0.15, 0.2) is 11.4 Å². The normalized spacial score (nSPS) is 7.92. The number of hydrogen-bond acceptors (Lipinski definition) is 3. The molecule has 0 radical (unpaired) electrons. The van der Waals surface area contributed by atoms with E-state index in [9.17, 15) is 0 Å². The minimum absolute atomic E-state index is 0.332. The summed E-state index contributed by atoms with van der Waals surface area (Å²) < 4.78 is 4.93. The zero-order valence-corrected chi connectivity index (χ0v) is 8.46. The maximum Gasteiger partial charge on any atom is 0.182 e. The minimum atomic E-state index is 0.332. The van der Waals surface area contributed by atoms with Crippen molar-refractivity contribution in [3.8, 4) is 11.8 Å². The van der Waals surface area contributed by atoms with Gasteiger partial charge in [0.2, 0.25) is 0 Å². The first-order valence-corrected chi connectivity index (χ1v) is 4.18. The van der Waals surface area contributed by atoms with E-state index in [1.54, 1.807) is 12.3 Å². The molecule has 1 heterocycles. The molecule has 0 aliphatic rings. The predicted molar refractivity (Wildman–Crippen MR) is 51.6 cm³/mol. The second-order valence-electron chi connectivity index (χ2n) is 2.18. The van der Waals surface area contributed by atoms with Gasteiger partial charge in [-0.25, -0.2) is 4.98 Å². The highest BCUT2D eigenvalue weighted by Gasteiger charge is 2.01. The molecule has 0 N–H and O–H groups in total. The lowest BCUT2D eigenvalue weighted by Crippen LogP contribution is -1.91. The first-order valence-electron chi connectivity index (χ1n) is 4.18. The molecule has 0 saturated carbocycles. The highest BCUT2D eigenvalue weighted by molar-refractivity contribution is 5.38. The summed E-state index contributed by atoms with van der Waals surface area (Å²) in [7, 11) is 1.53. The SMILES string of the molecule is CC.COc1cc(C)cnc1C#N. The van der Waals surface area contributed by atoms with Gasteiger partial charge < -0.3 is 4.74 Å². The summed E-state index contributed by atoms with van der Waals surface area (Å²) in [5.41, 5.74) is 1.32. The van der Waals surface area contributed by atoms with Crippen LogP contribution < -0.4 is 4.74 Å². The predicted octanol–water partition coefficient (Wildman–Crippen LogP) is 2.30. The van der Waals surface area contributed by atoms with Crippen molar-refractivity contribution in [3.63, 3.8) is 0 Å². The molecule has 70 valence electrons. The molecule has 0 bridgehead atoms. The van der Waals surface area contributed by atoms with E-state index in [0.29, 0.717) is 11.4 Å². The fourth-order valence-corrected chi connectivity index (χ4v) is 0.782. The average Bonchev–Trinajstić information content (AvgIpc) is 2.20. The van der Waals surface area contributed by atoms with Crippen LogP contribution in [0.2, 0.25) is 0 Å². The number of ether oxygens (including phenoxy) is 1. The molecule has 13 heavy (non-hydrogen) atoms. The molecular weight excluding hydrogens is 164 g/mol. The lowest BCUT2D eigenvalue weighted by Gasteiger charge is -2.00. The van der Waals surface area contributed by atoms with E-state index in [4.69, 9.17) is 10.00 Å². The number of pyridine rings is 1. The lowest BCUT2D eigenvalue weighted by molar-refractivity contribution is 0.411. The Morgan fingerprint density at radius 2 is 2.08 bits per heavy atom. The van der Waals surface area contributed by atoms with Crippen molar-refractivity contribution in [2.45, 2.75) is 20.8 Å². The highest BCUT2D eigenvalue weighted by atomic mass is 16.5. The summed E-state index contributed by atoms with van der Waals surface area (Å²) in [5.74, 6) is 0.535. The third kappa shape index (κ3) is 3.12. The number of hydrogen-bond donors (Lipinski definition) is 0. The summed E-state index contributed by atoms with van der Waals surface area (Å²) >= 11 is 0. The third-order valence-electron chi connectivity index (χ3n) is 1.32. The Bertz CT molecular complexity index is 302. The fourth-order valence-electron chi connectivity index (χ4n) is 0.782. The topological polar surface area (TPSA) is 45.9 Å². The number of rotatable bonds is 1. The Kier molecular flexibility index (Phi) is 5.29. The van der Waals surface area contributed by atoms with Gasteiger partial charge in [-0.3, -0.25) is 0 Å². The van der Waals surface area contributed by atoms with E-state index in [1.165, 1.54) is 7.11 Å². The smallest absolute Gasteiger partial charge is 0.182 e. The maximum absolute atomic E-state index is 8.55. The Morgan fingerprint density at radius 3 is 2.54 bits per heavy atom. The molecule has 3 nitrogen and oxygen atoms in total. The van der Waals surface area contributed by atoms with Crippen LogP contribution in [-0.2, 0) is 0 Å². The molecule has 0 aromatic carbocycles. The Balaban J connectivity index is 0.000000671. The molecule has 1 rings (SSSR count). The molecule has 0 aliphatic heterocycles. The van der Waals surface area contributed by atoms with Gasteiger partial charge in [-0.2, -0.15) is 5.26 Å². The zero-order valence-electron chi connectivity index (χ0n) is 8.46. The van der Waals surface area contributed by atoms with Crippen molar-refractivity contribution in [2.75, 3.05) is 7.11 Å². The number of methoxy groups -OCH3 is 1. The van der Waals surface area contributed by atoms with Crippen molar-refractivity contribution < 1.29 is 4.74 Å². The molecule has 0 aliphatic carbocycles. The van der Waals surface area contributed by atoms with Crippen LogP contribution in [0.4, 0.5) is 0 Å². The van der Waals surface area contributed by atoms with Gasteiger partial charge in [0.05, 0.1) is 7.11 Å².